The van der Waals surface area contributed by atoms with E-state index in [0.29, 0.717) is 19.5 Å². The lowest BCUT2D eigenvalue weighted by molar-refractivity contribution is -0.120. The molecule has 106 valence electrons. The normalized spacial score (nSPS) is 10.3. The highest BCUT2D eigenvalue weighted by Gasteiger charge is 2.03. The summed E-state index contributed by atoms with van der Waals surface area (Å²) in [6.45, 7) is 5.27. The minimum Gasteiger partial charge on any atom is -0.467 e. The molecule has 2 rings (SSSR count). The van der Waals surface area contributed by atoms with Crippen molar-refractivity contribution in [2.75, 3.05) is 11.9 Å². The molecule has 0 aliphatic heterocycles. The summed E-state index contributed by atoms with van der Waals surface area (Å²) >= 11 is 0. The van der Waals surface area contributed by atoms with E-state index in [9.17, 15) is 4.79 Å². The van der Waals surface area contributed by atoms with Gasteiger partial charge in [0.1, 0.15) is 5.76 Å². The first-order valence-electron chi connectivity index (χ1n) is 6.81. The number of aryl methyl sites for hydroxylation is 1. The van der Waals surface area contributed by atoms with Crippen LogP contribution in [0.25, 0.3) is 0 Å². The van der Waals surface area contributed by atoms with Gasteiger partial charge in [0.2, 0.25) is 5.91 Å². The minimum atomic E-state index is 0.0550. The fourth-order valence-corrected chi connectivity index (χ4v) is 1.95. The van der Waals surface area contributed by atoms with E-state index in [1.165, 1.54) is 0 Å². The number of nitrogens with one attached hydrogen (secondary N) is 2. The molecule has 0 bridgehead atoms. The topological polar surface area (TPSA) is 54.3 Å². The molecule has 4 nitrogen and oxygen atoms in total. The molecule has 1 amide bonds. The highest BCUT2D eigenvalue weighted by molar-refractivity contribution is 5.78. The number of rotatable bonds is 6. The zero-order valence-corrected chi connectivity index (χ0v) is 11.9. The Hall–Kier alpha value is -2.23. The van der Waals surface area contributed by atoms with Gasteiger partial charge in [-0.3, -0.25) is 4.79 Å². The van der Waals surface area contributed by atoms with Crippen molar-refractivity contribution in [3.63, 3.8) is 0 Å². The van der Waals surface area contributed by atoms with Gasteiger partial charge in [0.05, 0.1) is 19.2 Å². The van der Waals surface area contributed by atoms with Crippen molar-refractivity contribution in [2.45, 2.75) is 26.8 Å². The number of anilines is 1. The van der Waals surface area contributed by atoms with Gasteiger partial charge in [-0.25, -0.2) is 0 Å². The third-order valence-electron chi connectivity index (χ3n) is 3.11. The molecule has 1 heterocycles. The fraction of sp³-hybridized carbons (Fsp3) is 0.312. The lowest BCUT2D eigenvalue weighted by Gasteiger charge is -2.07. The molecule has 1 aromatic heterocycles. The lowest BCUT2D eigenvalue weighted by atomic mass is 10.1. The lowest BCUT2D eigenvalue weighted by Crippen LogP contribution is -2.24. The molecule has 0 saturated heterocycles. The summed E-state index contributed by atoms with van der Waals surface area (Å²) in [7, 11) is 0. The molecule has 0 aliphatic rings. The largest absolute Gasteiger partial charge is 0.467 e. The van der Waals surface area contributed by atoms with Crippen molar-refractivity contribution in [3.8, 4) is 0 Å². The van der Waals surface area contributed by atoms with Gasteiger partial charge >= 0.3 is 0 Å². The van der Waals surface area contributed by atoms with Crippen LogP contribution in [0.3, 0.4) is 0 Å². The highest BCUT2D eigenvalue weighted by atomic mass is 16.3. The van der Waals surface area contributed by atoms with E-state index in [1.54, 1.807) is 6.26 Å². The maximum Gasteiger partial charge on any atom is 0.224 e. The summed E-state index contributed by atoms with van der Waals surface area (Å²) < 4.78 is 5.37. The Morgan fingerprint density at radius 3 is 2.55 bits per heavy atom. The molecule has 1 aromatic carbocycles. The first-order valence-corrected chi connectivity index (χ1v) is 6.81. The van der Waals surface area contributed by atoms with Crippen LogP contribution in [0.1, 0.15) is 23.8 Å². The Labute approximate surface area is 119 Å². The third kappa shape index (κ3) is 3.88. The average Bonchev–Trinajstić information content (AvgIpc) is 2.84. The van der Waals surface area contributed by atoms with E-state index in [2.05, 4.69) is 10.6 Å². The predicted molar refractivity (Wildman–Crippen MR) is 79.6 cm³/mol. The van der Waals surface area contributed by atoms with Gasteiger partial charge in [0, 0.05) is 12.2 Å². The quantitative estimate of drug-likeness (QED) is 0.850. The monoisotopic (exact) mass is 272 g/mol. The molecule has 0 saturated carbocycles. The van der Waals surface area contributed by atoms with Crippen LogP contribution in [0.5, 0.6) is 0 Å². The molecule has 20 heavy (non-hydrogen) atoms. The maximum atomic E-state index is 11.5. The predicted octanol–water partition coefficient (Wildman–Crippen LogP) is 2.88. The second-order valence-electron chi connectivity index (χ2n) is 4.71. The van der Waals surface area contributed by atoms with Gasteiger partial charge in [-0.2, -0.15) is 0 Å². The first kappa shape index (κ1) is 14.2. The van der Waals surface area contributed by atoms with E-state index >= 15 is 0 Å². The van der Waals surface area contributed by atoms with Crippen molar-refractivity contribution >= 4 is 11.6 Å². The van der Waals surface area contributed by atoms with E-state index < -0.39 is 0 Å². The van der Waals surface area contributed by atoms with Crippen molar-refractivity contribution in [2.24, 2.45) is 0 Å². The number of carbonyl (C=O) groups is 1. The Morgan fingerprint density at radius 1 is 1.20 bits per heavy atom. The first-order chi connectivity index (χ1) is 9.69. The van der Waals surface area contributed by atoms with Gasteiger partial charge in [0.15, 0.2) is 0 Å². The van der Waals surface area contributed by atoms with E-state index in [4.69, 9.17) is 4.42 Å². The Morgan fingerprint density at radius 2 is 1.95 bits per heavy atom. The number of hydrogen-bond donors (Lipinski definition) is 2. The zero-order valence-electron chi connectivity index (χ0n) is 11.9. The standard InChI is InChI=1S/C16H20N2O2/c1-3-17-16(19)10-13-4-6-14(7-5-13)18-11-15-12(2)8-9-20-15/h4-9,18H,3,10-11H2,1-2H3,(H,17,19). The smallest absolute Gasteiger partial charge is 0.224 e. The molecular weight excluding hydrogens is 252 g/mol. The van der Waals surface area contributed by atoms with Crippen molar-refractivity contribution in [1.82, 2.24) is 5.32 Å². The molecule has 0 fully saturated rings. The minimum absolute atomic E-state index is 0.0550. The molecule has 0 aliphatic carbocycles. The summed E-state index contributed by atoms with van der Waals surface area (Å²) in [5.41, 5.74) is 3.17. The third-order valence-corrected chi connectivity index (χ3v) is 3.11. The molecule has 2 aromatic rings. The second kappa shape index (κ2) is 6.80. The van der Waals surface area contributed by atoms with Crippen molar-refractivity contribution in [1.29, 1.82) is 0 Å². The molecule has 0 radical (unpaired) electrons. The van der Waals surface area contributed by atoms with Crippen molar-refractivity contribution < 1.29 is 9.21 Å². The van der Waals surface area contributed by atoms with Crippen LogP contribution in [-0.2, 0) is 17.8 Å². The van der Waals surface area contributed by atoms with E-state index in [0.717, 1.165) is 22.6 Å². The SMILES string of the molecule is CCNC(=O)Cc1ccc(NCc2occc2C)cc1. The molecular formula is C16H20N2O2. The number of carbonyl (C=O) groups excluding carboxylic acids is 1. The van der Waals surface area contributed by atoms with Gasteiger partial charge in [0.25, 0.3) is 0 Å². The van der Waals surface area contributed by atoms with Crippen LogP contribution < -0.4 is 10.6 Å². The second-order valence-corrected chi connectivity index (χ2v) is 4.71. The summed E-state index contributed by atoms with van der Waals surface area (Å²) in [6, 6.07) is 9.84. The van der Waals surface area contributed by atoms with Gasteiger partial charge < -0.3 is 15.1 Å². The number of amides is 1. The fourth-order valence-electron chi connectivity index (χ4n) is 1.95. The Kier molecular flexibility index (Phi) is 4.82. The van der Waals surface area contributed by atoms with Crippen LogP contribution in [0.2, 0.25) is 0 Å². The van der Waals surface area contributed by atoms with Crippen LogP contribution in [0, 0.1) is 6.92 Å². The van der Waals surface area contributed by atoms with E-state index in [1.807, 2.05) is 44.2 Å². The summed E-state index contributed by atoms with van der Waals surface area (Å²) in [6.07, 6.45) is 2.12. The molecule has 0 spiro atoms. The van der Waals surface area contributed by atoms with Crippen LogP contribution >= 0.6 is 0 Å². The summed E-state index contributed by atoms with van der Waals surface area (Å²) in [5, 5.41) is 6.09. The number of likely N-dealkylation sites (N-methyl/N-ethyl adjacent to an activating group) is 1. The highest BCUT2D eigenvalue weighted by Crippen LogP contribution is 2.14. The van der Waals surface area contributed by atoms with Crippen LogP contribution in [-0.4, -0.2) is 12.5 Å². The van der Waals surface area contributed by atoms with Gasteiger partial charge in [-0.1, -0.05) is 12.1 Å². The number of benzene rings is 1. The van der Waals surface area contributed by atoms with Crippen LogP contribution in [0.15, 0.2) is 41.0 Å². The average molecular weight is 272 g/mol. The Balaban J connectivity index is 1.88. The molecule has 2 N–H and O–H groups in total. The number of furan rings is 1. The summed E-state index contributed by atoms with van der Waals surface area (Å²) in [5.74, 6) is 0.996. The van der Waals surface area contributed by atoms with Crippen LogP contribution in [0.4, 0.5) is 5.69 Å². The molecule has 0 atom stereocenters. The maximum absolute atomic E-state index is 11.5. The van der Waals surface area contributed by atoms with E-state index in [-0.39, 0.29) is 5.91 Å². The number of hydrogen-bond acceptors (Lipinski definition) is 3. The Bertz CT molecular complexity index is 558. The van der Waals surface area contributed by atoms with Crippen molar-refractivity contribution in [3.05, 3.63) is 53.5 Å². The zero-order chi connectivity index (χ0) is 14.4. The molecule has 0 unspecified atom stereocenters. The summed E-state index contributed by atoms with van der Waals surface area (Å²) in [4.78, 5) is 11.5. The molecule has 4 heteroatoms. The van der Waals surface area contributed by atoms with Gasteiger partial charge in [-0.05, 0) is 43.2 Å². The van der Waals surface area contributed by atoms with Gasteiger partial charge in [-0.15, -0.1) is 0 Å².